The molecule has 0 spiro atoms. The lowest BCUT2D eigenvalue weighted by molar-refractivity contribution is -0.127. The van der Waals surface area contributed by atoms with Gasteiger partial charge >= 0.3 is 0 Å². The zero-order valence-electron chi connectivity index (χ0n) is 16.7. The Kier molecular flexibility index (Phi) is 6.40. The number of carbonyl (C=O) groups is 2. The van der Waals surface area contributed by atoms with Gasteiger partial charge < -0.3 is 15.0 Å². The van der Waals surface area contributed by atoms with Crippen LogP contribution in [0.3, 0.4) is 0 Å². The van der Waals surface area contributed by atoms with Crippen LogP contribution in [-0.4, -0.2) is 30.5 Å². The van der Waals surface area contributed by atoms with E-state index >= 15 is 0 Å². The third kappa shape index (κ3) is 5.02. The summed E-state index contributed by atoms with van der Waals surface area (Å²) in [4.78, 5) is 26.8. The lowest BCUT2D eigenvalue weighted by Gasteiger charge is -2.29. The predicted molar refractivity (Wildman–Crippen MR) is 107 cm³/mol. The van der Waals surface area contributed by atoms with Gasteiger partial charge in [-0.2, -0.15) is 0 Å². The second-order valence-corrected chi connectivity index (χ2v) is 8.20. The van der Waals surface area contributed by atoms with Crippen molar-refractivity contribution in [2.45, 2.75) is 71.4 Å². The Hall–Kier alpha value is -2.04. The van der Waals surface area contributed by atoms with Gasteiger partial charge in [0.1, 0.15) is 5.75 Å². The molecule has 27 heavy (non-hydrogen) atoms. The number of nitrogens with one attached hydrogen (secondary N) is 1. The summed E-state index contributed by atoms with van der Waals surface area (Å²) in [7, 11) is 0. The Bertz CT molecular complexity index is 648. The molecule has 1 aromatic carbocycles. The first-order valence-corrected chi connectivity index (χ1v) is 10.3. The zero-order chi connectivity index (χ0) is 19.4. The molecule has 1 N–H and O–H groups in total. The van der Waals surface area contributed by atoms with E-state index < -0.39 is 0 Å². The van der Waals surface area contributed by atoms with Gasteiger partial charge in [0.2, 0.25) is 11.8 Å². The molecule has 2 amide bonds. The molecule has 0 bridgehead atoms. The fourth-order valence-corrected chi connectivity index (χ4v) is 4.14. The molecule has 1 saturated carbocycles. The standard InChI is InChI=1S/C22H32N2O3/c1-4-16-5-7-18(8-6-16)23-22(26)17-13-21(25)24(14-17)19-9-11-20(12-10-19)27-15(2)3/h9-12,15-18H,4-8,13-14H2,1-3H3,(H,23,26)/t16?,17-,18?/m0/s1. The maximum Gasteiger partial charge on any atom is 0.227 e. The maximum atomic E-state index is 12.7. The fraction of sp³-hybridized carbons (Fsp3) is 0.636. The van der Waals surface area contributed by atoms with Crippen molar-refractivity contribution >= 4 is 17.5 Å². The Morgan fingerprint density at radius 1 is 1.19 bits per heavy atom. The van der Waals surface area contributed by atoms with Gasteiger partial charge in [-0.05, 0) is 69.7 Å². The SMILES string of the molecule is CCC1CCC(NC(=O)[C@H]2CC(=O)N(c3ccc(OC(C)C)cc3)C2)CC1. The lowest BCUT2D eigenvalue weighted by Crippen LogP contribution is -2.41. The Morgan fingerprint density at radius 3 is 2.44 bits per heavy atom. The van der Waals surface area contributed by atoms with Crippen LogP contribution in [0.25, 0.3) is 0 Å². The molecule has 1 aromatic rings. The number of hydrogen-bond acceptors (Lipinski definition) is 3. The van der Waals surface area contributed by atoms with Gasteiger partial charge in [0.15, 0.2) is 0 Å². The minimum absolute atomic E-state index is 0.0161. The molecule has 0 radical (unpaired) electrons. The zero-order valence-corrected chi connectivity index (χ0v) is 16.7. The van der Waals surface area contributed by atoms with E-state index in [1.165, 1.54) is 19.3 Å². The molecule has 1 atom stereocenters. The molecule has 0 unspecified atom stereocenters. The van der Waals surface area contributed by atoms with E-state index in [2.05, 4.69) is 12.2 Å². The minimum Gasteiger partial charge on any atom is -0.491 e. The topological polar surface area (TPSA) is 58.6 Å². The third-order valence-electron chi connectivity index (χ3n) is 5.79. The van der Waals surface area contributed by atoms with Crippen LogP contribution in [0.4, 0.5) is 5.69 Å². The Labute approximate surface area is 162 Å². The second kappa shape index (κ2) is 8.77. The number of ether oxygens (including phenoxy) is 1. The Morgan fingerprint density at radius 2 is 1.85 bits per heavy atom. The number of anilines is 1. The van der Waals surface area contributed by atoms with Gasteiger partial charge in [0, 0.05) is 24.7 Å². The maximum absolute atomic E-state index is 12.7. The Balaban J connectivity index is 1.54. The summed E-state index contributed by atoms with van der Waals surface area (Å²) < 4.78 is 5.65. The van der Waals surface area contributed by atoms with Crippen molar-refractivity contribution in [3.05, 3.63) is 24.3 Å². The van der Waals surface area contributed by atoms with Crippen LogP contribution in [0.5, 0.6) is 5.75 Å². The molecule has 0 aromatic heterocycles. The van der Waals surface area contributed by atoms with Crippen LogP contribution in [0.1, 0.15) is 59.3 Å². The monoisotopic (exact) mass is 372 g/mol. The molecule has 5 nitrogen and oxygen atoms in total. The molecular formula is C22H32N2O3. The van der Waals surface area contributed by atoms with Gasteiger partial charge in [-0.15, -0.1) is 0 Å². The summed E-state index contributed by atoms with van der Waals surface area (Å²) in [6.45, 7) is 6.66. The van der Waals surface area contributed by atoms with E-state index in [0.717, 1.165) is 30.2 Å². The first-order chi connectivity index (χ1) is 13.0. The van der Waals surface area contributed by atoms with Crippen LogP contribution >= 0.6 is 0 Å². The molecular weight excluding hydrogens is 340 g/mol. The van der Waals surface area contributed by atoms with Gasteiger partial charge in [-0.3, -0.25) is 9.59 Å². The number of benzene rings is 1. The summed E-state index contributed by atoms with van der Waals surface area (Å²) in [6, 6.07) is 7.81. The first kappa shape index (κ1) is 19.7. The van der Waals surface area contributed by atoms with Gasteiger partial charge in [-0.25, -0.2) is 0 Å². The molecule has 1 heterocycles. The van der Waals surface area contributed by atoms with E-state index in [0.29, 0.717) is 13.0 Å². The third-order valence-corrected chi connectivity index (χ3v) is 5.79. The van der Waals surface area contributed by atoms with Crippen molar-refractivity contribution in [2.75, 3.05) is 11.4 Å². The summed E-state index contributed by atoms with van der Waals surface area (Å²) in [6.07, 6.45) is 6.15. The van der Waals surface area contributed by atoms with Crippen molar-refractivity contribution in [3.63, 3.8) is 0 Å². The normalized spacial score (nSPS) is 25.7. The van der Waals surface area contributed by atoms with Crippen LogP contribution in [0, 0.1) is 11.8 Å². The molecule has 1 aliphatic heterocycles. The largest absolute Gasteiger partial charge is 0.491 e. The smallest absolute Gasteiger partial charge is 0.227 e. The number of rotatable bonds is 6. The van der Waals surface area contributed by atoms with E-state index in [-0.39, 0.29) is 29.9 Å². The van der Waals surface area contributed by atoms with Crippen molar-refractivity contribution in [3.8, 4) is 5.75 Å². The average molecular weight is 373 g/mol. The molecule has 5 heteroatoms. The molecule has 1 aliphatic carbocycles. The van der Waals surface area contributed by atoms with Crippen molar-refractivity contribution < 1.29 is 14.3 Å². The van der Waals surface area contributed by atoms with Gasteiger partial charge in [0.25, 0.3) is 0 Å². The number of amides is 2. The van der Waals surface area contributed by atoms with Crippen LogP contribution < -0.4 is 15.0 Å². The van der Waals surface area contributed by atoms with E-state index in [1.54, 1.807) is 4.90 Å². The summed E-state index contributed by atoms with van der Waals surface area (Å²) >= 11 is 0. The molecule has 3 rings (SSSR count). The van der Waals surface area contributed by atoms with Gasteiger partial charge in [0.05, 0.1) is 12.0 Å². The van der Waals surface area contributed by atoms with E-state index in [4.69, 9.17) is 4.74 Å². The minimum atomic E-state index is -0.256. The molecule has 2 fully saturated rings. The predicted octanol–water partition coefficient (Wildman–Crippen LogP) is 3.91. The summed E-state index contributed by atoms with van der Waals surface area (Å²) in [5, 5.41) is 3.19. The number of carbonyl (C=O) groups excluding carboxylic acids is 2. The number of hydrogen-bond donors (Lipinski definition) is 1. The summed E-state index contributed by atoms with van der Waals surface area (Å²) in [5.41, 5.74) is 0.829. The molecule has 1 saturated heterocycles. The number of nitrogens with zero attached hydrogens (tertiary/aromatic N) is 1. The highest BCUT2D eigenvalue weighted by atomic mass is 16.5. The van der Waals surface area contributed by atoms with E-state index in [1.807, 2.05) is 38.1 Å². The van der Waals surface area contributed by atoms with Gasteiger partial charge in [-0.1, -0.05) is 13.3 Å². The first-order valence-electron chi connectivity index (χ1n) is 10.3. The van der Waals surface area contributed by atoms with Crippen LogP contribution in [-0.2, 0) is 9.59 Å². The molecule has 148 valence electrons. The quantitative estimate of drug-likeness (QED) is 0.824. The lowest BCUT2D eigenvalue weighted by atomic mass is 9.84. The van der Waals surface area contributed by atoms with Crippen LogP contribution in [0.15, 0.2) is 24.3 Å². The highest BCUT2D eigenvalue weighted by Crippen LogP contribution is 2.29. The fourth-order valence-electron chi connectivity index (χ4n) is 4.14. The van der Waals surface area contributed by atoms with Crippen LogP contribution in [0.2, 0.25) is 0 Å². The molecule has 2 aliphatic rings. The van der Waals surface area contributed by atoms with E-state index in [9.17, 15) is 9.59 Å². The average Bonchev–Trinajstić information content (AvgIpc) is 3.04. The highest BCUT2D eigenvalue weighted by Gasteiger charge is 2.36. The second-order valence-electron chi connectivity index (χ2n) is 8.20. The van der Waals surface area contributed by atoms with Crippen molar-refractivity contribution in [1.82, 2.24) is 5.32 Å². The summed E-state index contributed by atoms with van der Waals surface area (Å²) in [5.74, 6) is 1.39. The highest BCUT2D eigenvalue weighted by molar-refractivity contribution is 6.00. The van der Waals surface area contributed by atoms with Crippen molar-refractivity contribution in [1.29, 1.82) is 0 Å². The van der Waals surface area contributed by atoms with Crippen molar-refractivity contribution in [2.24, 2.45) is 11.8 Å².